The van der Waals surface area contributed by atoms with Crippen molar-refractivity contribution >= 4 is 0 Å². The molecule has 2 fully saturated rings. The van der Waals surface area contributed by atoms with Gasteiger partial charge in [-0.15, -0.1) is 0 Å². The number of nitrogens with zero attached hydrogens (tertiary/aromatic N) is 2. The van der Waals surface area contributed by atoms with Crippen molar-refractivity contribution in [2.45, 2.75) is 64.1 Å². The normalized spacial score (nSPS) is 32.2. The molecule has 2 unspecified atom stereocenters. The molecule has 0 bridgehead atoms. The zero-order valence-electron chi connectivity index (χ0n) is 12.5. The van der Waals surface area contributed by atoms with Crippen LogP contribution in [-0.4, -0.2) is 61.2 Å². The Kier molecular flexibility index (Phi) is 5.46. The van der Waals surface area contributed by atoms with Crippen LogP contribution in [-0.2, 0) is 0 Å². The summed E-state index contributed by atoms with van der Waals surface area (Å²) in [7, 11) is 2.25. The van der Waals surface area contributed by atoms with Gasteiger partial charge in [0, 0.05) is 24.7 Å². The molecule has 3 heteroatoms. The Hall–Kier alpha value is -0.120. The fourth-order valence-electron chi connectivity index (χ4n) is 3.35. The minimum absolute atomic E-state index is 0.734. The Balaban J connectivity index is 1.65. The van der Waals surface area contributed by atoms with Crippen LogP contribution in [0.4, 0.5) is 0 Å². The van der Waals surface area contributed by atoms with Crippen molar-refractivity contribution in [1.82, 2.24) is 15.1 Å². The molecule has 1 N–H and O–H groups in total. The van der Waals surface area contributed by atoms with Crippen LogP contribution in [0.1, 0.15) is 46.0 Å². The Morgan fingerprint density at radius 2 is 1.89 bits per heavy atom. The number of nitrogens with one attached hydrogen (secondary N) is 1. The average Bonchev–Trinajstić information content (AvgIpc) is 2.67. The summed E-state index contributed by atoms with van der Waals surface area (Å²) < 4.78 is 0. The lowest BCUT2D eigenvalue weighted by Gasteiger charge is -2.33. The molecule has 2 aliphatic heterocycles. The summed E-state index contributed by atoms with van der Waals surface area (Å²) in [6.07, 6.45) is 6.71. The first kappa shape index (κ1) is 14.3. The van der Waals surface area contributed by atoms with Gasteiger partial charge in [-0.05, 0) is 59.3 Å². The number of hydrogen-bond donors (Lipinski definition) is 1. The van der Waals surface area contributed by atoms with Crippen LogP contribution in [0.5, 0.6) is 0 Å². The second-order valence-electron chi connectivity index (χ2n) is 6.36. The van der Waals surface area contributed by atoms with Gasteiger partial charge in [0.25, 0.3) is 0 Å². The zero-order chi connectivity index (χ0) is 13.0. The molecule has 0 saturated carbocycles. The Labute approximate surface area is 113 Å². The van der Waals surface area contributed by atoms with Crippen molar-refractivity contribution in [1.29, 1.82) is 0 Å². The van der Waals surface area contributed by atoms with E-state index in [-0.39, 0.29) is 0 Å². The van der Waals surface area contributed by atoms with Crippen LogP contribution in [0.15, 0.2) is 0 Å². The van der Waals surface area contributed by atoms with Gasteiger partial charge in [0.2, 0.25) is 0 Å². The Morgan fingerprint density at radius 3 is 2.44 bits per heavy atom. The van der Waals surface area contributed by atoms with Gasteiger partial charge >= 0.3 is 0 Å². The molecule has 2 saturated heterocycles. The summed E-state index contributed by atoms with van der Waals surface area (Å²) in [5, 5.41) is 3.89. The second kappa shape index (κ2) is 6.88. The summed E-state index contributed by atoms with van der Waals surface area (Å²) >= 11 is 0. The molecular formula is C15H31N3. The van der Waals surface area contributed by atoms with E-state index in [1.165, 1.54) is 58.3 Å². The molecule has 3 nitrogen and oxygen atoms in total. The van der Waals surface area contributed by atoms with E-state index in [0.29, 0.717) is 0 Å². The highest BCUT2D eigenvalue weighted by Gasteiger charge is 2.28. The van der Waals surface area contributed by atoms with Gasteiger partial charge in [-0.3, -0.25) is 0 Å². The first-order valence-electron chi connectivity index (χ1n) is 7.87. The number of unbranched alkanes of at least 4 members (excludes halogenated alkanes) is 1. The van der Waals surface area contributed by atoms with Gasteiger partial charge in [-0.25, -0.2) is 0 Å². The first-order valence-corrected chi connectivity index (χ1v) is 7.87. The molecule has 0 amide bonds. The van der Waals surface area contributed by atoms with E-state index in [1.807, 2.05) is 0 Å². The summed E-state index contributed by atoms with van der Waals surface area (Å²) in [6.45, 7) is 9.77. The molecule has 2 heterocycles. The lowest BCUT2D eigenvalue weighted by atomic mass is 10.0. The zero-order valence-corrected chi connectivity index (χ0v) is 12.5. The highest BCUT2D eigenvalue weighted by atomic mass is 15.2. The fraction of sp³-hybridized carbons (Fsp3) is 1.00. The fourth-order valence-corrected chi connectivity index (χ4v) is 3.35. The van der Waals surface area contributed by atoms with Gasteiger partial charge in [0.05, 0.1) is 0 Å². The predicted molar refractivity (Wildman–Crippen MR) is 78.0 cm³/mol. The van der Waals surface area contributed by atoms with Crippen LogP contribution < -0.4 is 5.32 Å². The van der Waals surface area contributed by atoms with Crippen molar-refractivity contribution in [2.24, 2.45) is 0 Å². The van der Waals surface area contributed by atoms with Crippen molar-refractivity contribution < 1.29 is 0 Å². The molecule has 0 aromatic rings. The quantitative estimate of drug-likeness (QED) is 0.808. The molecular weight excluding hydrogens is 222 g/mol. The first-order chi connectivity index (χ1) is 8.69. The van der Waals surface area contributed by atoms with Crippen LogP contribution in [0.2, 0.25) is 0 Å². The number of piperidine rings is 1. The molecule has 0 aromatic heterocycles. The number of hydrogen-bond acceptors (Lipinski definition) is 3. The molecule has 0 spiro atoms. The summed E-state index contributed by atoms with van der Waals surface area (Å²) in [4.78, 5) is 5.12. The number of rotatable bonds is 5. The molecule has 106 valence electrons. The molecule has 2 atom stereocenters. The molecule has 2 rings (SSSR count). The standard InChI is InChI=1S/C15H31N3/c1-4-5-8-18-9-6-14(7-10-18)16-15-11-13(2)17(3)12-15/h13-16H,4-12H2,1-3H3. The van der Waals surface area contributed by atoms with E-state index in [1.54, 1.807) is 0 Å². The van der Waals surface area contributed by atoms with E-state index < -0.39 is 0 Å². The third kappa shape index (κ3) is 3.94. The van der Waals surface area contributed by atoms with Crippen molar-refractivity contribution in [2.75, 3.05) is 33.2 Å². The maximum Gasteiger partial charge on any atom is 0.0212 e. The van der Waals surface area contributed by atoms with E-state index >= 15 is 0 Å². The molecule has 0 aliphatic carbocycles. The van der Waals surface area contributed by atoms with Gasteiger partial charge in [0.1, 0.15) is 0 Å². The average molecular weight is 253 g/mol. The highest BCUT2D eigenvalue weighted by molar-refractivity contribution is 4.88. The predicted octanol–water partition coefficient (Wildman–Crippen LogP) is 1.93. The van der Waals surface area contributed by atoms with E-state index in [0.717, 1.165) is 18.1 Å². The van der Waals surface area contributed by atoms with Crippen molar-refractivity contribution in [3.63, 3.8) is 0 Å². The Morgan fingerprint density at radius 1 is 1.17 bits per heavy atom. The minimum atomic E-state index is 0.734. The maximum atomic E-state index is 3.89. The third-order valence-corrected chi connectivity index (χ3v) is 4.77. The largest absolute Gasteiger partial charge is 0.310 e. The van der Waals surface area contributed by atoms with Crippen LogP contribution >= 0.6 is 0 Å². The lowest BCUT2D eigenvalue weighted by Crippen LogP contribution is -2.47. The summed E-state index contributed by atoms with van der Waals surface area (Å²) in [5.41, 5.74) is 0. The van der Waals surface area contributed by atoms with Gasteiger partial charge in [-0.2, -0.15) is 0 Å². The molecule has 0 aromatic carbocycles. The van der Waals surface area contributed by atoms with Gasteiger partial charge < -0.3 is 15.1 Å². The SMILES string of the molecule is CCCCN1CCC(NC2CC(C)N(C)C2)CC1. The lowest BCUT2D eigenvalue weighted by molar-refractivity contribution is 0.188. The second-order valence-corrected chi connectivity index (χ2v) is 6.36. The van der Waals surface area contributed by atoms with Crippen LogP contribution in [0, 0.1) is 0 Å². The van der Waals surface area contributed by atoms with Gasteiger partial charge in [0.15, 0.2) is 0 Å². The van der Waals surface area contributed by atoms with E-state index in [4.69, 9.17) is 0 Å². The maximum absolute atomic E-state index is 3.89. The van der Waals surface area contributed by atoms with Crippen LogP contribution in [0.25, 0.3) is 0 Å². The smallest absolute Gasteiger partial charge is 0.0212 e. The highest BCUT2D eigenvalue weighted by Crippen LogP contribution is 2.18. The minimum Gasteiger partial charge on any atom is -0.310 e. The van der Waals surface area contributed by atoms with Crippen molar-refractivity contribution in [3.05, 3.63) is 0 Å². The van der Waals surface area contributed by atoms with E-state index in [2.05, 4.69) is 36.0 Å². The van der Waals surface area contributed by atoms with Gasteiger partial charge in [-0.1, -0.05) is 13.3 Å². The van der Waals surface area contributed by atoms with E-state index in [9.17, 15) is 0 Å². The van der Waals surface area contributed by atoms with Crippen LogP contribution in [0.3, 0.4) is 0 Å². The number of likely N-dealkylation sites (tertiary alicyclic amines) is 2. The van der Waals surface area contributed by atoms with Crippen molar-refractivity contribution in [3.8, 4) is 0 Å². The summed E-state index contributed by atoms with van der Waals surface area (Å²) in [5.74, 6) is 0. The topological polar surface area (TPSA) is 18.5 Å². The monoisotopic (exact) mass is 253 g/mol. The Bertz CT molecular complexity index is 226. The third-order valence-electron chi connectivity index (χ3n) is 4.77. The summed E-state index contributed by atoms with van der Waals surface area (Å²) in [6, 6.07) is 2.26. The molecule has 18 heavy (non-hydrogen) atoms. The number of likely N-dealkylation sites (N-methyl/N-ethyl adjacent to an activating group) is 1. The molecule has 0 radical (unpaired) electrons. The molecule has 2 aliphatic rings.